The zero-order chi connectivity index (χ0) is 16.9. The fraction of sp³-hybridized carbons (Fsp3) is 0.111. The molecule has 1 N–H and O–H groups in total. The van der Waals surface area contributed by atoms with Crippen molar-refractivity contribution in [3.63, 3.8) is 0 Å². The number of rotatable bonds is 5. The molecule has 4 nitrogen and oxygen atoms in total. The van der Waals surface area contributed by atoms with Gasteiger partial charge in [-0.05, 0) is 29.8 Å². The van der Waals surface area contributed by atoms with Gasteiger partial charge in [0.2, 0.25) is 0 Å². The van der Waals surface area contributed by atoms with Crippen molar-refractivity contribution in [2.75, 3.05) is 5.32 Å². The molecule has 24 heavy (non-hydrogen) atoms. The van der Waals surface area contributed by atoms with Crippen LogP contribution in [0, 0.1) is 0 Å². The van der Waals surface area contributed by atoms with Crippen molar-refractivity contribution in [1.29, 1.82) is 0 Å². The number of aromatic nitrogens is 2. The molecular weight excluding hydrogens is 342 g/mol. The normalized spacial score (nSPS) is 10.6. The third-order valence-electron chi connectivity index (χ3n) is 3.46. The van der Waals surface area contributed by atoms with E-state index in [9.17, 15) is 4.79 Å². The van der Waals surface area contributed by atoms with E-state index in [1.807, 2.05) is 18.2 Å². The number of nitrogens with one attached hydrogen (secondary N) is 1. The molecule has 0 saturated heterocycles. The monoisotopic (exact) mass is 357 g/mol. The van der Waals surface area contributed by atoms with Crippen LogP contribution < -0.4 is 10.9 Å². The third kappa shape index (κ3) is 3.99. The van der Waals surface area contributed by atoms with E-state index < -0.39 is 0 Å². The molecule has 1 heterocycles. The van der Waals surface area contributed by atoms with Crippen LogP contribution in [0.2, 0.25) is 5.02 Å². The molecule has 0 unspecified atom stereocenters. The summed E-state index contributed by atoms with van der Waals surface area (Å²) in [5, 5.41) is 7.27. The SMILES string of the molecule is Cn1ncc(NCc2ccc(Sc3ccccc3)cc2)c(Cl)c1=O. The lowest BCUT2D eigenvalue weighted by atomic mass is 10.2. The molecule has 1 aromatic heterocycles. The van der Waals surface area contributed by atoms with Crippen LogP contribution in [-0.4, -0.2) is 9.78 Å². The largest absolute Gasteiger partial charge is 0.378 e. The van der Waals surface area contributed by atoms with Crippen LogP contribution in [0.1, 0.15) is 5.56 Å². The fourth-order valence-electron chi connectivity index (χ4n) is 2.13. The maximum atomic E-state index is 11.7. The van der Waals surface area contributed by atoms with Crippen molar-refractivity contribution in [3.05, 3.63) is 81.7 Å². The molecule has 0 fully saturated rings. The van der Waals surface area contributed by atoms with Crippen molar-refractivity contribution in [2.45, 2.75) is 16.3 Å². The van der Waals surface area contributed by atoms with Gasteiger partial charge in [-0.1, -0.05) is 53.7 Å². The van der Waals surface area contributed by atoms with Crippen LogP contribution in [0.4, 0.5) is 5.69 Å². The predicted molar refractivity (Wildman–Crippen MR) is 98.8 cm³/mol. The number of hydrogen-bond acceptors (Lipinski definition) is 4. The van der Waals surface area contributed by atoms with Crippen molar-refractivity contribution in [3.8, 4) is 0 Å². The minimum Gasteiger partial charge on any atom is -0.378 e. The minimum absolute atomic E-state index is 0.156. The van der Waals surface area contributed by atoms with Crippen LogP contribution in [0.3, 0.4) is 0 Å². The first-order chi connectivity index (χ1) is 11.6. The van der Waals surface area contributed by atoms with Crippen molar-refractivity contribution in [2.24, 2.45) is 7.05 Å². The molecule has 3 aromatic rings. The quantitative estimate of drug-likeness (QED) is 0.743. The maximum absolute atomic E-state index is 11.7. The van der Waals surface area contributed by atoms with Gasteiger partial charge in [0.1, 0.15) is 5.02 Å². The second-order valence-electron chi connectivity index (χ2n) is 5.21. The van der Waals surface area contributed by atoms with Gasteiger partial charge in [0.25, 0.3) is 5.56 Å². The first kappa shape index (κ1) is 16.6. The van der Waals surface area contributed by atoms with Gasteiger partial charge in [-0.2, -0.15) is 5.10 Å². The van der Waals surface area contributed by atoms with Crippen LogP contribution in [0.15, 0.2) is 75.4 Å². The van der Waals surface area contributed by atoms with Crippen molar-refractivity contribution >= 4 is 29.1 Å². The van der Waals surface area contributed by atoms with E-state index in [4.69, 9.17) is 11.6 Å². The minimum atomic E-state index is -0.309. The van der Waals surface area contributed by atoms with Crippen LogP contribution in [-0.2, 0) is 13.6 Å². The number of hydrogen-bond donors (Lipinski definition) is 1. The summed E-state index contributed by atoms with van der Waals surface area (Å²) in [6, 6.07) is 18.5. The Morgan fingerprint density at radius 3 is 2.46 bits per heavy atom. The lowest BCUT2D eigenvalue weighted by molar-refractivity contribution is 0.708. The summed E-state index contributed by atoms with van der Waals surface area (Å²) in [7, 11) is 1.57. The molecule has 0 radical (unpaired) electrons. The van der Waals surface area contributed by atoms with E-state index in [-0.39, 0.29) is 10.6 Å². The Hall–Kier alpha value is -2.24. The standard InChI is InChI=1S/C18H16ClN3OS/c1-22-18(23)17(19)16(12-21-22)20-11-13-7-9-15(10-8-13)24-14-5-3-2-4-6-14/h2-10,12,20H,11H2,1H3. The summed E-state index contributed by atoms with van der Waals surface area (Å²) in [6.45, 7) is 0.574. The van der Waals surface area contributed by atoms with E-state index in [0.717, 1.165) is 5.56 Å². The van der Waals surface area contributed by atoms with E-state index in [1.54, 1.807) is 25.0 Å². The van der Waals surface area contributed by atoms with Crippen LogP contribution in [0.25, 0.3) is 0 Å². The maximum Gasteiger partial charge on any atom is 0.287 e. The number of halogens is 1. The van der Waals surface area contributed by atoms with E-state index in [0.29, 0.717) is 12.2 Å². The number of anilines is 1. The Morgan fingerprint density at radius 2 is 1.75 bits per heavy atom. The molecule has 0 aliphatic rings. The summed E-state index contributed by atoms with van der Waals surface area (Å²) in [6.07, 6.45) is 1.56. The smallest absolute Gasteiger partial charge is 0.287 e. The first-order valence-corrected chi connectivity index (χ1v) is 8.60. The number of aryl methyl sites for hydroxylation is 1. The predicted octanol–water partition coefficient (Wildman–Crippen LogP) is 4.20. The molecule has 0 saturated carbocycles. The number of nitrogens with zero attached hydrogens (tertiary/aromatic N) is 2. The van der Waals surface area contributed by atoms with Crippen molar-refractivity contribution < 1.29 is 0 Å². The Bertz CT molecular complexity index is 879. The molecule has 0 atom stereocenters. The van der Waals surface area contributed by atoms with Gasteiger partial charge in [-0.15, -0.1) is 0 Å². The highest BCUT2D eigenvalue weighted by Crippen LogP contribution is 2.27. The van der Waals surface area contributed by atoms with Crippen LogP contribution in [0.5, 0.6) is 0 Å². The molecule has 122 valence electrons. The van der Waals surface area contributed by atoms with Gasteiger partial charge < -0.3 is 5.32 Å². The molecule has 0 bridgehead atoms. The lowest BCUT2D eigenvalue weighted by Gasteiger charge is -2.09. The Morgan fingerprint density at radius 1 is 1.08 bits per heavy atom. The average Bonchev–Trinajstić information content (AvgIpc) is 2.61. The van der Waals surface area contributed by atoms with Gasteiger partial charge >= 0.3 is 0 Å². The Labute approximate surface area is 149 Å². The third-order valence-corrected chi connectivity index (χ3v) is 4.84. The summed E-state index contributed by atoms with van der Waals surface area (Å²) >= 11 is 7.76. The van der Waals surface area contributed by atoms with Gasteiger partial charge in [0.05, 0.1) is 11.9 Å². The highest BCUT2D eigenvalue weighted by molar-refractivity contribution is 7.99. The Balaban J connectivity index is 1.65. The van der Waals surface area contributed by atoms with E-state index in [2.05, 4.69) is 46.8 Å². The summed E-state index contributed by atoms with van der Waals surface area (Å²) in [4.78, 5) is 14.1. The lowest BCUT2D eigenvalue weighted by Crippen LogP contribution is -2.21. The summed E-state index contributed by atoms with van der Waals surface area (Å²) < 4.78 is 1.21. The molecule has 0 aliphatic carbocycles. The highest BCUT2D eigenvalue weighted by Gasteiger charge is 2.07. The average molecular weight is 358 g/mol. The zero-order valence-corrected chi connectivity index (χ0v) is 14.6. The van der Waals surface area contributed by atoms with Gasteiger partial charge in [-0.25, -0.2) is 4.68 Å². The molecule has 0 aliphatic heterocycles. The van der Waals surface area contributed by atoms with Crippen LogP contribution >= 0.6 is 23.4 Å². The molecule has 0 spiro atoms. The second-order valence-corrected chi connectivity index (χ2v) is 6.74. The molecule has 0 amide bonds. The number of benzene rings is 2. The van der Waals surface area contributed by atoms with Gasteiger partial charge in [0, 0.05) is 23.4 Å². The summed E-state index contributed by atoms with van der Waals surface area (Å²) in [5.41, 5.74) is 1.34. The van der Waals surface area contributed by atoms with Gasteiger partial charge in [-0.3, -0.25) is 4.79 Å². The first-order valence-electron chi connectivity index (χ1n) is 7.41. The zero-order valence-electron chi connectivity index (χ0n) is 13.1. The molecular formula is C18H16ClN3OS. The van der Waals surface area contributed by atoms with Gasteiger partial charge in [0.15, 0.2) is 0 Å². The fourth-order valence-corrected chi connectivity index (χ4v) is 3.21. The Kier molecular flexibility index (Phi) is 5.23. The van der Waals surface area contributed by atoms with Crippen molar-refractivity contribution in [1.82, 2.24) is 9.78 Å². The topological polar surface area (TPSA) is 46.9 Å². The van der Waals surface area contributed by atoms with E-state index >= 15 is 0 Å². The molecule has 2 aromatic carbocycles. The van der Waals surface area contributed by atoms with E-state index in [1.165, 1.54) is 14.5 Å². The highest BCUT2D eigenvalue weighted by atomic mass is 35.5. The summed E-state index contributed by atoms with van der Waals surface area (Å²) in [5.74, 6) is 0. The second kappa shape index (κ2) is 7.55. The molecule has 3 rings (SSSR count). The molecule has 6 heteroatoms.